The lowest BCUT2D eigenvalue weighted by molar-refractivity contribution is 0.276. The van der Waals surface area contributed by atoms with Gasteiger partial charge in [-0.3, -0.25) is 0 Å². The van der Waals surface area contributed by atoms with Crippen LogP contribution >= 0.6 is 0 Å². The number of anilines is 2. The van der Waals surface area contributed by atoms with Gasteiger partial charge in [-0.05, 0) is 25.0 Å². The van der Waals surface area contributed by atoms with Crippen LogP contribution in [0, 0.1) is 5.82 Å². The number of halogens is 1. The van der Waals surface area contributed by atoms with E-state index in [1.54, 1.807) is 12.1 Å². The van der Waals surface area contributed by atoms with Crippen LogP contribution in [0.1, 0.15) is 38.2 Å². The van der Waals surface area contributed by atoms with Crippen molar-refractivity contribution < 1.29 is 9.50 Å². The average molecular weight is 371 g/mol. The van der Waals surface area contributed by atoms with Crippen molar-refractivity contribution in [1.82, 2.24) is 14.5 Å². The number of unbranched alkanes of at least 4 members (excludes halogenated alkanes) is 1. The lowest BCUT2D eigenvalue weighted by Crippen LogP contribution is -2.22. The molecule has 144 valence electrons. The van der Waals surface area contributed by atoms with Crippen LogP contribution < -0.4 is 11.1 Å². The predicted molar refractivity (Wildman–Crippen MR) is 106 cm³/mol. The van der Waals surface area contributed by atoms with Gasteiger partial charge < -0.3 is 20.7 Å². The molecule has 0 aliphatic carbocycles. The Morgan fingerprint density at radius 3 is 2.78 bits per heavy atom. The van der Waals surface area contributed by atoms with E-state index in [4.69, 9.17) is 5.73 Å². The van der Waals surface area contributed by atoms with Crippen molar-refractivity contribution in [3.05, 3.63) is 47.9 Å². The number of aliphatic hydroxyl groups excluding tert-OH is 1. The predicted octanol–water partition coefficient (Wildman–Crippen LogP) is 3.55. The molecule has 7 heteroatoms. The number of benzene rings is 1. The van der Waals surface area contributed by atoms with Crippen LogP contribution in [0.2, 0.25) is 0 Å². The molecule has 0 unspecified atom stereocenters. The van der Waals surface area contributed by atoms with E-state index in [1.807, 2.05) is 22.9 Å². The fourth-order valence-corrected chi connectivity index (χ4v) is 3.26. The summed E-state index contributed by atoms with van der Waals surface area (Å²) in [4.78, 5) is 8.69. The number of nitrogens with one attached hydrogen (secondary N) is 1. The molecule has 27 heavy (non-hydrogen) atoms. The minimum atomic E-state index is -0.244. The number of hydrogen-bond acceptors (Lipinski definition) is 5. The summed E-state index contributed by atoms with van der Waals surface area (Å²) in [5.41, 5.74) is 7.96. The molecule has 0 bridgehead atoms. The summed E-state index contributed by atoms with van der Waals surface area (Å²) >= 11 is 0. The van der Waals surface area contributed by atoms with E-state index in [2.05, 4.69) is 22.2 Å². The van der Waals surface area contributed by atoms with Gasteiger partial charge in [0.25, 0.3) is 0 Å². The Bertz CT molecular complexity index is 895. The Balaban J connectivity index is 1.96. The molecule has 0 saturated heterocycles. The summed E-state index contributed by atoms with van der Waals surface area (Å²) in [6.07, 6.45) is 5.55. The molecule has 0 amide bonds. The van der Waals surface area contributed by atoms with Crippen LogP contribution in [0.4, 0.5) is 16.2 Å². The molecule has 3 aromatic rings. The van der Waals surface area contributed by atoms with Crippen LogP contribution in [0.15, 0.2) is 36.5 Å². The smallest absolute Gasteiger partial charge is 0.222 e. The van der Waals surface area contributed by atoms with Crippen molar-refractivity contribution in [2.24, 2.45) is 0 Å². The van der Waals surface area contributed by atoms with E-state index < -0.39 is 0 Å². The van der Waals surface area contributed by atoms with Crippen molar-refractivity contribution in [1.29, 1.82) is 0 Å². The first-order valence-corrected chi connectivity index (χ1v) is 9.35. The molecule has 0 radical (unpaired) electrons. The molecule has 4 N–H and O–H groups in total. The minimum Gasteiger partial charge on any atom is -0.396 e. The van der Waals surface area contributed by atoms with Crippen molar-refractivity contribution >= 4 is 22.8 Å². The Kier molecular flexibility index (Phi) is 6.24. The van der Waals surface area contributed by atoms with Crippen LogP contribution in [0.5, 0.6) is 0 Å². The highest BCUT2D eigenvalue weighted by Crippen LogP contribution is 2.25. The third-order valence-corrected chi connectivity index (χ3v) is 4.65. The molecule has 0 fully saturated rings. The summed E-state index contributed by atoms with van der Waals surface area (Å²) in [7, 11) is 0. The maximum absolute atomic E-state index is 14.1. The number of aliphatic hydroxyl groups is 1. The maximum atomic E-state index is 14.1. The van der Waals surface area contributed by atoms with Gasteiger partial charge in [-0.1, -0.05) is 38.0 Å². The lowest BCUT2D eigenvalue weighted by Gasteiger charge is -2.20. The summed E-state index contributed by atoms with van der Waals surface area (Å²) in [5.74, 6) is 0.562. The fourth-order valence-electron chi connectivity index (χ4n) is 3.26. The van der Waals surface area contributed by atoms with Gasteiger partial charge in [0.2, 0.25) is 5.95 Å². The second-order valence-electron chi connectivity index (χ2n) is 6.70. The lowest BCUT2D eigenvalue weighted by atomic mass is 10.1. The molecule has 1 aromatic carbocycles. The summed E-state index contributed by atoms with van der Waals surface area (Å²) in [6.45, 7) is 2.61. The van der Waals surface area contributed by atoms with Gasteiger partial charge in [-0.2, -0.15) is 4.98 Å². The number of rotatable bonds is 9. The van der Waals surface area contributed by atoms with E-state index in [-0.39, 0.29) is 24.4 Å². The van der Waals surface area contributed by atoms with Gasteiger partial charge in [-0.15, -0.1) is 0 Å². The van der Waals surface area contributed by atoms with Gasteiger partial charge >= 0.3 is 0 Å². The molecular formula is C20H26FN5O. The van der Waals surface area contributed by atoms with Crippen LogP contribution in [0.3, 0.4) is 0 Å². The normalized spacial score (nSPS) is 12.4. The SMILES string of the molecule is CCCC[C@@H](CCO)Nc1nc(N)nc2ccn(Cc3ccccc3F)c12. The quantitative estimate of drug-likeness (QED) is 0.535. The molecule has 0 aliphatic heterocycles. The van der Waals surface area contributed by atoms with E-state index in [0.717, 1.165) is 24.8 Å². The zero-order chi connectivity index (χ0) is 19.2. The fraction of sp³-hybridized carbons (Fsp3) is 0.400. The van der Waals surface area contributed by atoms with Gasteiger partial charge in [0, 0.05) is 24.4 Å². The molecule has 2 aromatic heterocycles. The first-order chi connectivity index (χ1) is 13.1. The first-order valence-electron chi connectivity index (χ1n) is 9.35. The van der Waals surface area contributed by atoms with E-state index in [9.17, 15) is 9.50 Å². The summed E-state index contributed by atoms with van der Waals surface area (Å²) in [6, 6.07) is 8.66. The van der Waals surface area contributed by atoms with Crippen molar-refractivity contribution in [3.8, 4) is 0 Å². The van der Waals surface area contributed by atoms with Crippen molar-refractivity contribution in [2.75, 3.05) is 17.7 Å². The molecule has 0 spiro atoms. The summed E-state index contributed by atoms with van der Waals surface area (Å²) < 4.78 is 16.0. The molecule has 2 heterocycles. The number of fused-ring (bicyclic) bond motifs is 1. The highest BCUT2D eigenvalue weighted by molar-refractivity contribution is 5.87. The molecule has 6 nitrogen and oxygen atoms in total. The van der Waals surface area contributed by atoms with Crippen molar-refractivity contribution in [2.45, 2.75) is 45.2 Å². The van der Waals surface area contributed by atoms with Gasteiger partial charge in [0.15, 0.2) is 5.82 Å². The van der Waals surface area contributed by atoms with Gasteiger partial charge in [0.05, 0.1) is 12.1 Å². The Labute approximate surface area is 158 Å². The minimum absolute atomic E-state index is 0.0873. The highest BCUT2D eigenvalue weighted by Gasteiger charge is 2.16. The van der Waals surface area contributed by atoms with Crippen LogP contribution in [-0.4, -0.2) is 32.3 Å². The molecule has 3 rings (SSSR count). The molecule has 0 saturated carbocycles. The molecular weight excluding hydrogens is 345 g/mol. The number of nitrogen functional groups attached to an aromatic ring is 1. The maximum Gasteiger partial charge on any atom is 0.222 e. The number of aromatic nitrogens is 3. The Morgan fingerprint density at radius 2 is 2.04 bits per heavy atom. The topological polar surface area (TPSA) is 89.0 Å². The largest absolute Gasteiger partial charge is 0.396 e. The standard InChI is InChI=1S/C20H26FN5O/c1-2-3-7-15(10-12-27)23-19-18-17(24-20(22)25-19)9-11-26(18)13-14-6-4-5-8-16(14)21/h4-6,8-9,11,15,27H,2-3,7,10,12-13H2,1H3,(H3,22,23,24,25)/t15-/m0/s1. The van der Waals surface area contributed by atoms with Gasteiger partial charge in [-0.25, -0.2) is 9.37 Å². The second-order valence-corrected chi connectivity index (χ2v) is 6.70. The second kappa shape index (κ2) is 8.81. The zero-order valence-electron chi connectivity index (χ0n) is 15.5. The van der Waals surface area contributed by atoms with Crippen LogP contribution in [-0.2, 0) is 6.54 Å². The highest BCUT2D eigenvalue weighted by atomic mass is 19.1. The monoisotopic (exact) mass is 371 g/mol. The van der Waals surface area contributed by atoms with E-state index in [0.29, 0.717) is 29.9 Å². The molecule has 0 aliphatic rings. The number of hydrogen-bond donors (Lipinski definition) is 3. The average Bonchev–Trinajstić information content (AvgIpc) is 3.04. The van der Waals surface area contributed by atoms with Gasteiger partial charge in [0.1, 0.15) is 11.3 Å². The zero-order valence-corrected chi connectivity index (χ0v) is 15.5. The number of nitrogens with two attached hydrogens (primary N) is 1. The third kappa shape index (κ3) is 4.54. The Morgan fingerprint density at radius 1 is 1.22 bits per heavy atom. The van der Waals surface area contributed by atoms with Crippen LogP contribution in [0.25, 0.3) is 11.0 Å². The number of nitrogens with zero attached hydrogens (tertiary/aromatic N) is 3. The first kappa shape index (κ1) is 19.1. The summed E-state index contributed by atoms with van der Waals surface area (Å²) in [5, 5.41) is 12.8. The van der Waals surface area contributed by atoms with E-state index in [1.165, 1.54) is 6.07 Å². The Hall–Kier alpha value is -2.67. The molecule has 1 atom stereocenters. The van der Waals surface area contributed by atoms with Crippen molar-refractivity contribution in [3.63, 3.8) is 0 Å². The van der Waals surface area contributed by atoms with E-state index >= 15 is 0 Å². The third-order valence-electron chi connectivity index (χ3n) is 4.65.